The summed E-state index contributed by atoms with van der Waals surface area (Å²) in [5, 5.41) is 8.86. The van der Waals surface area contributed by atoms with E-state index in [1.807, 2.05) is 18.2 Å². The summed E-state index contributed by atoms with van der Waals surface area (Å²) in [6.07, 6.45) is 3.13. The van der Waals surface area contributed by atoms with Crippen molar-refractivity contribution in [1.82, 2.24) is 0 Å². The van der Waals surface area contributed by atoms with E-state index in [0.717, 1.165) is 30.4 Å². The number of carbonyl (C=O) groups is 1. The molecular weight excluding hydrogens is 436 g/mol. The molecule has 0 saturated heterocycles. The molecule has 1 N–H and O–H groups in total. The molecule has 0 bridgehead atoms. The van der Waals surface area contributed by atoms with Crippen molar-refractivity contribution in [2.24, 2.45) is 0 Å². The van der Waals surface area contributed by atoms with Crippen LogP contribution in [0.5, 0.6) is 0 Å². The molecule has 0 radical (unpaired) electrons. The number of benzene rings is 3. The molecule has 0 heterocycles. The van der Waals surface area contributed by atoms with Gasteiger partial charge in [0.15, 0.2) is 0 Å². The highest BCUT2D eigenvalue weighted by atomic mass is 32.2. The number of hydrogen-bond donors (Lipinski definition) is 1. The fraction of sp³-hybridized carbons (Fsp3) is 0.231. The molecule has 0 spiro atoms. The summed E-state index contributed by atoms with van der Waals surface area (Å²) in [4.78, 5) is 12.6. The lowest BCUT2D eigenvalue weighted by molar-refractivity contribution is 0.0471. The van der Waals surface area contributed by atoms with Crippen molar-refractivity contribution in [2.45, 2.75) is 44.6 Å². The molecule has 0 aliphatic rings. The first-order valence-electron chi connectivity index (χ1n) is 10.7. The highest BCUT2D eigenvalue weighted by Gasteiger charge is 2.19. The molecule has 170 valence electrons. The van der Waals surface area contributed by atoms with E-state index in [2.05, 4.69) is 11.6 Å². The fourth-order valence-electron chi connectivity index (χ4n) is 3.22. The Bertz CT molecular complexity index is 1260. The molecule has 6 nitrogen and oxygen atoms in total. The monoisotopic (exact) mass is 462 g/mol. The number of carbonyl (C=O) groups excluding carboxylic acids is 1. The third-order valence-electron chi connectivity index (χ3n) is 5.22. The van der Waals surface area contributed by atoms with Gasteiger partial charge < -0.3 is 4.74 Å². The Hall–Kier alpha value is -3.63. The second-order valence-corrected chi connectivity index (χ2v) is 9.45. The molecule has 0 aromatic heterocycles. The van der Waals surface area contributed by atoms with E-state index >= 15 is 0 Å². The molecule has 0 fully saturated rings. The predicted molar refractivity (Wildman–Crippen MR) is 127 cm³/mol. The number of esters is 1. The third-order valence-corrected chi connectivity index (χ3v) is 6.60. The van der Waals surface area contributed by atoms with Crippen molar-refractivity contribution in [2.75, 3.05) is 4.72 Å². The van der Waals surface area contributed by atoms with Gasteiger partial charge in [0.25, 0.3) is 10.0 Å². The average molecular weight is 463 g/mol. The summed E-state index contributed by atoms with van der Waals surface area (Å²) < 4.78 is 33.7. The van der Waals surface area contributed by atoms with E-state index in [1.54, 1.807) is 49.4 Å². The number of unbranched alkanes of at least 4 members (excludes halogenated alkanes) is 1. The Morgan fingerprint density at radius 3 is 2.30 bits per heavy atom. The second kappa shape index (κ2) is 10.8. The van der Waals surface area contributed by atoms with Crippen molar-refractivity contribution in [3.05, 3.63) is 94.5 Å². The molecular formula is C26H26N2O4S. The van der Waals surface area contributed by atoms with Crippen LogP contribution < -0.4 is 4.72 Å². The maximum atomic E-state index is 12.9. The summed E-state index contributed by atoms with van der Waals surface area (Å²) in [7, 11) is -3.88. The number of aryl methyl sites for hydroxylation is 2. The van der Waals surface area contributed by atoms with Crippen molar-refractivity contribution in [3.63, 3.8) is 0 Å². The molecule has 0 amide bonds. The number of rotatable bonds is 9. The van der Waals surface area contributed by atoms with Gasteiger partial charge >= 0.3 is 5.97 Å². The van der Waals surface area contributed by atoms with Crippen LogP contribution in [-0.2, 0) is 27.8 Å². The molecule has 0 atom stereocenters. The maximum absolute atomic E-state index is 12.9. The predicted octanol–water partition coefficient (Wildman–Crippen LogP) is 5.37. The summed E-state index contributed by atoms with van der Waals surface area (Å²) in [6, 6.07) is 20.4. The fourth-order valence-corrected chi connectivity index (χ4v) is 4.31. The number of ether oxygens (including phenoxy) is 1. The zero-order valence-corrected chi connectivity index (χ0v) is 19.5. The molecule has 3 aromatic rings. The largest absolute Gasteiger partial charge is 0.457 e. The van der Waals surface area contributed by atoms with Gasteiger partial charge in [-0.25, -0.2) is 13.2 Å². The van der Waals surface area contributed by atoms with E-state index in [1.165, 1.54) is 12.1 Å². The van der Waals surface area contributed by atoms with Gasteiger partial charge in [-0.05, 0) is 72.9 Å². The van der Waals surface area contributed by atoms with Gasteiger partial charge in [-0.1, -0.05) is 43.7 Å². The van der Waals surface area contributed by atoms with Crippen LogP contribution >= 0.6 is 0 Å². The van der Waals surface area contributed by atoms with E-state index in [-0.39, 0.29) is 17.1 Å². The SMILES string of the molecule is CCCCc1ccc(NS(=O)(=O)c2ccc(C)c(C(=O)OCc3ccc(C#N)cc3)c2)cc1. The van der Waals surface area contributed by atoms with Crippen molar-refractivity contribution >= 4 is 21.7 Å². The minimum absolute atomic E-state index is 0.0174. The van der Waals surface area contributed by atoms with E-state index < -0.39 is 16.0 Å². The highest BCUT2D eigenvalue weighted by Crippen LogP contribution is 2.21. The van der Waals surface area contributed by atoms with Crippen LogP contribution in [0.3, 0.4) is 0 Å². The number of anilines is 1. The molecule has 0 unspecified atom stereocenters. The number of nitriles is 1. The Kier molecular flexibility index (Phi) is 7.86. The minimum atomic E-state index is -3.88. The summed E-state index contributed by atoms with van der Waals surface area (Å²) in [6.45, 7) is 3.86. The Morgan fingerprint density at radius 1 is 1.00 bits per heavy atom. The van der Waals surface area contributed by atoms with Crippen LogP contribution in [0.4, 0.5) is 5.69 Å². The molecule has 0 aliphatic carbocycles. The Morgan fingerprint density at radius 2 is 1.67 bits per heavy atom. The summed E-state index contributed by atoms with van der Waals surface area (Å²) in [5.41, 5.74) is 3.65. The summed E-state index contributed by atoms with van der Waals surface area (Å²) >= 11 is 0. The third kappa shape index (κ3) is 6.43. The smallest absolute Gasteiger partial charge is 0.338 e. The van der Waals surface area contributed by atoms with Gasteiger partial charge in [0.2, 0.25) is 0 Å². The molecule has 7 heteroatoms. The van der Waals surface area contributed by atoms with Gasteiger partial charge in [0.05, 0.1) is 22.1 Å². The van der Waals surface area contributed by atoms with Gasteiger partial charge in [-0.3, -0.25) is 4.72 Å². The lowest BCUT2D eigenvalue weighted by Gasteiger charge is -2.12. The molecule has 3 rings (SSSR count). The van der Waals surface area contributed by atoms with Crippen LogP contribution in [0.15, 0.2) is 71.6 Å². The van der Waals surface area contributed by atoms with Crippen LogP contribution in [0.25, 0.3) is 0 Å². The normalized spacial score (nSPS) is 10.9. The molecule has 0 aliphatic heterocycles. The molecule has 33 heavy (non-hydrogen) atoms. The first kappa shape index (κ1) is 24.0. The van der Waals surface area contributed by atoms with Gasteiger partial charge in [0, 0.05) is 5.69 Å². The van der Waals surface area contributed by atoms with E-state index in [0.29, 0.717) is 16.8 Å². The molecule has 3 aromatic carbocycles. The maximum Gasteiger partial charge on any atom is 0.338 e. The Labute approximate surface area is 194 Å². The highest BCUT2D eigenvalue weighted by molar-refractivity contribution is 7.92. The first-order valence-corrected chi connectivity index (χ1v) is 12.2. The van der Waals surface area contributed by atoms with E-state index in [9.17, 15) is 13.2 Å². The quantitative estimate of drug-likeness (QED) is 0.432. The Balaban J connectivity index is 1.72. The van der Waals surface area contributed by atoms with E-state index in [4.69, 9.17) is 10.00 Å². The minimum Gasteiger partial charge on any atom is -0.457 e. The average Bonchev–Trinajstić information content (AvgIpc) is 2.82. The summed E-state index contributed by atoms with van der Waals surface area (Å²) in [5.74, 6) is -0.616. The van der Waals surface area contributed by atoms with Crippen molar-refractivity contribution in [3.8, 4) is 6.07 Å². The van der Waals surface area contributed by atoms with Crippen LogP contribution in [-0.4, -0.2) is 14.4 Å². The van der Waals surface area contributed by atoms with Crippen LogP contribution in [0.2, 0.25) is 0 Å². The van der Waals surface area contributed by atoms with Gasteiger partial charge in [0.1, 0.15) is 6.61 Å². The number of sulfonamides is 1. The first-order chi connectivity index (χ1) is 15.8. The number of nitrogens with one attached hydrogen (secondary N) is 1. The number of hydrogen-bond acceptors (Lipinski definition) is 5. The van der Waals surface area contributed by atoms with Crippen molar-refractivity contribution < 1.29 is 17.9 Å². The molecule has 0 saturated carbocycles. The standard InChI is InChI=1S/C26H26N2O4S/c1-3-4-5-20-11-13-23(14-12-20)28-33(30,31)24-15-6-19(2)25(16-24)26(29)32-18-22-9-7-21(17-27)8-10-22/h6-16,28H,3-5,18H2,1-2H3. The number of nitrogens with zero attached hydrogens (tertiary/aromatic N) is 1. The van der Waals surface area contributed by atoms with Gasteiger partial charge in [-0.15, -0.1) is 0 Å². The van der Waals surface area contributed by atoms with Crippen LogP contribution in [0.1, 0.15) is 52.4 Å². The topological polar surface area (TPSA) is 96.3 Å². The van der Waals surface area contributed by atoms with Crippen LogP contribution in [0, 0.1) is 18.3 Å². The van der Waals surface area contributed by atoms with Crippen molar-refractivity contribution in [1.29, 1.82) is 5.26 Å². The zero-order chi connectivity index (χ0) is 23.8. The lowest BCUT2D eigenvalue weighted by Crippen LogP contribution is -2.15. The lowest BCUT2D eigenvalue weighted by atomic mass is 10.1. The zero-order valence-electron chi connectivity index (χ0n) is 18.7. The second-order valence-electron chi connectivity index (χ2n) is 7.77. The van der Waals surface area contributed by atoms with Gasteiger partial charge in [-0.2, -0.15) is 5.26 Å².